The summed E-state index contributed by atoms with van der Waals surface area (Å²) in [5.74, 6) is -0.136. The molecule has 0 bridgehead atoms. The summed E-state index contributed by atoms with van der Waals surface area (Å²) in [4.78, 5) is 25.8. The fraction of sp³-hybridized carbons (Fsp3) is 0.312. The lowest BCUT2D eigenvalue weighted by molar-refractivity contribution is -0.145. The third-order valence-electron chi connectivity index (χ3n) is 3.44. The van der Waals surface area contributed by atoms with E-state index in [4.69, 9.17) is 17.0 Å². The van der Waals surface area contributed by atoms with E-state index in [1.165, 1.54) is 16.7 Å². The summed E-state index contributed by atoms with van der Waals surface area (Å²) >= 11 is 7.90. The molecule has 24 heavy (non-hydrogen) atoms. The average molecular weight is 384 g/mol. The smallest absolute Gasteiger partial charge is 0.326 e. The van der Waals surface area contributed by atoms with Crippen LogP contribution in [0.4, 0.5) is 0 Å². The van der Waals surface area contributed by atoms with Crippen LogP contribution in [-0.2, 0) is 9.59 Å². The van der Waals surface area contributed by atoms with Gasteiger partial charge in [-0.1, -0.05) is 42.2 Å². The van der Waals surface area contributed by atoms with Gasteiger partial charge in [0.2, 0.25) is 0 Å². The molecule has 1 heterocycles. The maximum Gasteiger partial charge on any atom is 0.326 e. The minimum Gasteiger partial charge on any atom is -0.496 e. The van der Waals surface area contributed by atoms with E-state index >= 15 is 0 Å². The van der Waals surface area contributed by atoms with Crippen LogP contribution < -0.4 is 4.74 Å². The maximum absolute atomic E-state index is 12.7. The highest BCUT2D eigenvalue weighted by molar-refractivity contribution is 8.26. The number of para-hydroxylation sites is 1. The van der Waals surface area contributed by atoms with Crippen molar-refractivity contribution in [1.82, 2.24) is 4.90 Å². The van der Waals surface area contributed by atoms with Crippen LogP contribution in [0.15, 0.2) is 29.2 Å². The predicted molar refractivity (Wildman–Crippen MR) is 102 cm³/mol. The van der Waals surface area contributed by atoms with Crippen LogP contribution in [0, 0.1) is 0 Å². The van der Waals surface area contributed by atoms with Gasteiger partial charge in [0.05, 0.1) is 12.0 Å². The number of methoxy groups -OCH3 is 1. The van der Waals surface area contributed by atoms with Crippen molar-refractivity contribution in [2.24, 2.45) is 0 Å². The first-order valence-electron chi connectivity index (χ1n) is 7.11. The fourth-order valence-corrected chi connectivity index (χ4v) is 4.07. The molecule has 5 nitrogen and oxygen atoms in total. The van der Waals surface area contributed by atoms with Gasteiger partial charge in [0.25, 0.3) is 5.91 Å². The molecule has 128 valence electrons. The standard InChI is InChI=1S/C16H17NO4S3/c1-21-12-6-4-3-5-10(12)9-13-14(18)17(16(22)24-13)11(15(19)20)7-8-23-2/h3-6,9,11H,7-8H2,1-2H3,(H,19,20)/b13-9+/t11-/m0/s1. The Balaban J connectivity index is 2.30. The molecule has 0 aromatic heterocycles. The number of hydrogen-bond donors (Lipinski definition) is 1. The first kappa shape index (κ1) is 18.8. The van der Waals surface area contributed by atoms with Crippen LogP contribution in [0.3, 0.4) is 0 Å². The molecule has 1 aliphatic heterocycles. The summed E-state index contributed by atoms with van der Waals surface area (Å²) in [5.41, 5.74) is 0.747. The summed E-state index contributed by atoms with van der Waals surface area (Å²) in [6, 6.07) is 6.37. The Bertz CT molecular complexity index is 690. The van der Waals surface area contributed by atoms with Crippen molar-refractivity contribution in [2.45, 2.75) is 12.5 Å². The maximum atomic E-state index is 12.7. The summed E-state index contributed by atoms with van der Waals surface area (Å²) in [6.07, 6.45) is 3.93. The molecule has 0 spiro atoms. The lowest BCUT2D eigenvalue weighted by Crippen LogP contribution is -2.44. The van der Waals surface area contributed by atoms with Crippen LogP contribution in [0.2, 0.25) is 0 Å². The molecule has 1 fully saturated rings. The first-order valence-corrected chi connectivity index (χ1v) is 9.73. The summed E-state index contributed by atoms with van der Waals surface area (Å²) in [7, 11) is 1.56. The third kappa shape index (κ3) is 4.12. The van der Waals surface area contributed by atoms with E-state index in [-0.39, 0.29) is 10.2 Å². The van der Waals surface area contributed by atoms with Gasteiger partial charge in [0.15, 0.2) is 0 Å². The van der Waals surface area contributed by atoms with Crippen molar-refractivity contribution in [2.75, 3.05) is 19.1 Å². The number of rotatable bonds is 7. The third-order valence-corrected chi connectivity index (χ3v) is 5.42. The van der Waals surface area contributed by atoms with Gasteiger partial charge in [-0.15, -0.1) is 0 Å². The highest BCUT2D eigenvalue weighted by Gasteiger charge is 2.40. The van der Waals surface area contributed by atoms with Gasteiger partial charge in [-0.2, -0.15) is 11.8 Å². The number of thiocarbonyl (C=S) groups is 1. The molecule has 0 unspecified atom stereocenters. The SMILES string of the molecule is COc1ccccc1/C=C1/SC(=S)N([C@@H](CCSC)C(=O)O)C1=O. The number of nitrogens with zero attached hydrogens (tertiary/aromatic N) is 1. The Morgan fingerprint density at radius 1 is 1.50 bits per heavy atom. The zero-order valence-electron chi connectivity index (χ0n) is 13.2. The lowest BCUT2D eigenvalue weighted by Gasteiger charge is -2.22. The van der Waals surface area contributed by atoms with Crippen molar-refractivity contribution < 1.29 is 19.4 Å². The number of aliphatic carboxylic acids is 1. The van der Waals surface area contributed by atoms with Crippen LogP contribution in [-0.4, -0.2) is 51.4 Å². The molecule has 1 aliphatic rings. The Labute approximate surface area is 154 Å². The molecule has 8 heteroatoms. The number of carbonyl (C=O) groups is 2. The van der Waals surface area contributed by atoms with Gasteiger partial charge >= 0.3 is 5.97 Å². The van der Waals surface area contributed by atoms with Crippen LogP contribution in [0.1, 0.15) is 12.0 Å². The average Bonchev–Trinajstić information content (AvgIpc) is 2.83. The number of hydrogen-bond acceptors (Lipinski definition) is 6. The van der Waals surface area contributed by atoms with Gasteiger partial charge in [0.1, 0.15) is 16.1 Å². The van der Waals surface area contributed by atoms with Crippen molar-refractivity contribution >= 4 is 58.0 Å². The van der Waals surface area contributed by atoms with Gasteiger partial charge in [-0.3, -0.25) is 9.69 Å². The van der Waals surface area contributed by atoms with Crippen molar-refractivity contribution in [3.05, 3.63) is 34.7 Å². The zero-order chi connectivity index (χ0) is 17.7. The van der Waals surface area contributed by atoms with Gasteiger partial charge < -0.3 is 9.84 Å². The van der Waals surface area contributed by atoms with Gasteiger partial charge in [0, 0.05) is 5.56 Å². The summed E-state index contributed by atoms with van der Waals surface area (Å²) in [5, 5.41) is 9.44. The topological polar surface area (TPSA) is 66.8 Å². The second-order valence-corrected chi connectivity index (χ2v) is 7.59. The second kappa shape index (κ2) is 8.55. The van der Waals surface area contributed by atoms with Crippen LogP contribution >= 0.6 is 35.7 Å². The van der Waals surface area contributed by atoms with Crippen molar-refractivity contribution in [3.8, 4) is 5.75 Å². The van der Waals surface area contributed by atoms with E-state index < -0.39 is 12.0 Å². The molecule has 1 aromatic carbocycles. The molecule has 1 N–H and O–H groups in total. The first-order chi connectivity index (χ1) is 11.5. The van der Waals surface area contributed by atoms with E-state index in [1.54, 1.807) is 19.3 Å². The number of amides is 1. The van der Waals surface area contributed by atoms with E-state index in [9.17, 15) is 14.7 Å². The largest absolute Gasteiger partial charge is 0.496 e. The number of thioether (sulfide) groups is 2. The Morgan fingerprint density at radius 3 is 2.83 bits per heavy atom. The van der Waals surface area contributed by atoms with E-state index in [0.717, 1.165) is 17.3 Å². The molecule has 1 aromatic rings. The Kier molecular flexibility index (Phi) is 6.70. The molecular weight excluding hydrogens is 366 g/mol. The Hall–Kier alpha value is -1.51. The molecule has 1 saturated heterocycles. The normalized spacial score (nSPS) is 17.4. The highest BCUT2D eigenvalue weighted by atomic mass is 32.2. The molecule has 0 radical (unpaired) electrons. The summed E-state index contributed by atoms with van der Waals surface area (Å²) in [6.45, 7) is 0. The van der Waals surface area contributed by atoms with Gasteiger partial charge in [-0.05, 0) is 30.6 Å². The van der Waals surface area contributed by atoms with Crippen molar-refractivity contribution in [1.29, 1.82) is 0 Å². The zero-order valence-corrected chi connectivity index (χ0v) is 15.7. The minimum atomic E-state index is -1.04. The second-order valence-electron chi connectivity index (χ2n) is 4.93. The van der Waals surface area contributed by atoms with Gasteiger partial charge in [-0.25, -0.2) is 4.79 Å². The number of ether oxygens (including phenoxy) is 1. The van der Waals surface area contributed by atoms with Crippen LogP contribution in [0.5, 0.6) is 5.75 Å². The van der Waals surface area contributed by atoms with E-state index in [0.29, 0.717) is 22.8 Å². The molecule has 0 saturated carbocycles. The number of carboxylic acids is 1. The molecular formula is C16H17NO4S3. The molecule has 1 amide bonds. The highest BCUT2D eigenvalue weighted by Crippen LogP contribution is 2.36. The Morgan fingerprint density at radius 2 is 2.21 bits per heavy atom. The van der Waals surface area contributed by atoms with E-state index in [2.05, 4.69) is 0 Å². The molecule has 0 aliphatic carbocycles. The predicted octanol–water partition coefficient (Wildman–Crippen LogP) is 3.10. The molecule has 2 rings (SSSR count). The number of carboxylic acid groups (broad SMARTS) is 1. The summed E-state index contributed by atoms with van der Waals surface area (Å²) < 4.78 is 5.55. The number of benzene rings is 1. The minimum absolute atomic E-state index is 0.273. The fourth-order valence-electron chi connectivity index (χ4n) is 2.27. The van der Waals surface area contributed by atoms with Crippen molar-refractivity contribution in [3.63, 3.8) is 0 Å². The van der Waals surface area contributed by atoms with Crippen LogP contribution in [0.25, 0.3) is 6.08 Å². The monoisotopic (exact) mass is 383 g/mol. The molecule has 1 atom stereocenters. The van der Waals surface area contributed by atoms with E-state index in [1.807, 2.05) is 24.5 Å². The quantitative estimate of drug-likeness (QED) is 0.573. The number of carbonyl (C=O) groups excluding carboxylic acids is 1. The lowest BCUT2D eigenvalue weighted by atomic mass is 10.1.